The summed E-state index contributed by atoms with van der Waals surface area (Å²) in [7, 11) is 1.42. The van der Waals surface area contributed by atoms with Crippen LogP contribution in [0.5, 0.6) is 5.75 Å². The summed E-state index contributed by atoms with van der Waals surface area (Å²) < 4.78 is 39.6. The summed E-state index contributed by atoms with van der Waals surface area (Å²) in [5.41, 5.74) is 4.64. The van der Waals surface area contributed by atoms with Crippen molar-refractivity contribution in [1.82, 2.24) is 4.90 Å². The van der Waals surface area contributed by atoms with Crippen LogP contribution < -0.4 is 5.73 Å². The highest BCUT2D eigenvalue weighted by Crippen LogP contribution is 2.26. The Hall–Kier alpha value is -1.76. The van der Waals surface area contributed by atoms with Gasteiger partial charge in [-0.1, -0.05) is 6.42 Å². The number of hydrogen-bond donors (Lipinski definition) is 2. The summed E-state index contributed by atoms with van der Waals surface area (Å²) >= 11 is 0. The van der Waals surface area contributed by atoms with Gasteiger partial charge in [0.05, 0.1) is 5.56 Å². The predicted molar refractivity (Wildman–Crippen MR) is 67.8 cm³/mol. The van der Waals surface area contributed by atoms with Crippen molar-refractivity contribution in [2.24, 2.45) is 5.73 Å². The molecule has 4 nitrogen and oxygen atoms in total. The molecule has 20 heavy (non-hydrogen) atoms. The normalized spacial score (nSPS) is 10.7. The van der Waals surface area contributed by atoms with Crippen molar-refractivity contribution in [3.63, 3.8) is 0 Å². The van der Waals surface area contributed by atoms with Crippen LogP contribution in [0.3, 0.4) is 0 Å². The minimum atomic E-state index is -1.70. The molecule has 112 valence electrons. The smallest absolute Gasteiger partial charge is 0.256 e. The lowest BCUT2D eigenvalue weighted by molar-refractivity contribution is 0.0786. The van der Waals surface area contributed by atoms with Crippen molar-refractivity contribution in [3.8, 4) is 5.75 Å². The number of aromatic hydroxyl groups is 1. The molecule has 0 aliphatic rings. The molecule has 1 aromatic rings. The van der Waals surface area contributed by atoms with Gasteiger partial charge in [0.15, 0.2) is 17.4 Å². The fourth-order valence-corrected chi connectivity index (χ4v) is 1.72. The van der Waals surface area contributed by atoms with E-state index in [1.165, 1.54) is 11.9 Å². The second-order valence-electron chi connectivity index (χ2n) is 4.46. The first-order chi connectivity index (χ1) is 9.40. The van der Waals surface area contributed by atoms with E-state index >= 15 is 0 Å². The molecule has 0 radical (unpaired) electrons. The van der Waals surface area contributed by atoms with Gasteiger partial charge in [-0.25, -0.2) is 8.78 Å². The molecule has 0 aromatic heterocycles. The number of unbranched alkanes of at least 4 members (excludes halogenated alkanes) is 2. The number of hydrogen-bond acceptors (Lipinski definition) is 3. The van der Waals surface area contributed by atoms with Gasteiger partial charge < -0.3 is 15.7 Å². The van der Waals surface area contributed by atoms with Gasteiger partial charge in [0.1, 0.15) is 0 Å². The Morgan fingerprint density at radius 2 is 1.90 bits per heavy atom. The number of phenolic OH excluding ortho intramolecular Hbond substituents is 1. The van der Waals surface area contributed by atoms with Gasteiger partial charge >= 0.3 is 0 Å². The lowest BCUT2D eigenvalue weighted by Crippen LogP contribution is -2.29. The maximum absolute atomic E-state index is 13.6. The number of nitrogens with zero attached hydrogens (tertiary/aromatic N) is 1. The Morgan fingerprint density at radius 3 is 2.50 bits per heavy atom. The van der Waals surface area contributed by atoms with Crippen molar-refractivity contribution in [1.29, 1.82) is 0 Å². The second-order valence-corrected chi connectivity index (χ2v) is 4.46. The molecular formula is C13H17F3N2O2. The average molecular weight is 290 g/mol. The maximum atomic E-state index is 13.6. The summed E-state index contributed by atoms with van der Waals surface area (Å²) in [4.78, 5) is 13.1. The summed E-state index contributed by atoms with van der Waals surface area (Å²) in [6.07, 6.45) is 2.28. The standard InChI is InChI=1S/C13H17F3N2O2/c1-18(6-4-2-3-5-17)13(20)8-7-9(14)11(16)12(19)10(8)15/h7,19H,2-6,17H2,1H3. The predicted octanol–water partition coefficient (Wildman–Crippen LogP) is 2.01. The number of amides is 1. The highest BCUT2D eigenvalue weighted by molar-refractivity contribution is 5.94. The van der Waals surface area contributed by atoms with Gasteiger partial charge in [0.2, 0.25) is 5.82 Å². The highest BCUT2D eigenvalue weighted by atomic mass is 19.2. The van der Waals surface area contributed by atoms with Crippen LogP contribution in [0.2, 0.25) is 0 Å². The van der Waals surface area contributed by atoms with Crippen LogP contribution in [0.4, 0.5) is 13.2 Å². The molecule has 1 amide bonds. The Morgan fingerprint density at radius 1 is 1.25 bits per heavy atom. The monoisotopic (exact) mass is 290 g/mol. The molecule has 0 heterocycles. The maximum Gasteiger partial charge on any atom is 0.256 e. The summed E-state index contributed by atoms with van der Waals surface area (Å²) in [5, 5.41) is 9.07. The molecule has 0 spiro atoms. The van der Waals surface area contributed by atoms with Gasteiger partial charge in [0.25, 0.3) is 5.91 Å². The zero-order valence-electron chi connectivity index (χ0n) is 11.1. The Labute approximate surface area is 115 Å². The molecule has 0 atom stereocenters. The van der Waals surface area contributed by atoms with E-state index in [0.717, 1.165) is 12.8 Å². The zero-order valence-corrected chi connectivity index (χ0v) is 11.1. The van der Waals surface area contributed by atoms with Crippen molar-refractivity contribution in [2.75, 3.05) is 20.1 Å². The Balaban J connectivity index is 2.82. The molecule has 0 saturated heterocycles. The first-order valence-electron chi connectivity index (χ1n) is 6.22. The fourth-order valence-electron chi connectivity index (χ4n) is 1.72. The van der Waals surface area contributed by atoms with Crippen LogP contribution >= 0.6 is 0 Å². The molecule has 0 aliphatic carbocycles. The first kappa shape index (κ1) is 16.3. The Bertz CT molecular complexity index is 495. The van der Waals surface area contributed by atoms with Crippen molar-refractivity contribution >= 4 is 5.91 Å². The van der Waals surface area contributed by atoms with Crippen LogP contribution in [-0.2, 0) is 0 Å². The molecule has 0 unspecified atom stereocenters. The van der Waals surface area contributed by atoms with Crippen molar-refractivity contribution in [2.45, 2.75) is 19.3 Å². The minimum Gasteiger partial charge on any atom is -0.503 e. The lowest BCUT2D eigenvalue weighted by Gasteiger charge is -2.18. The minimum absolute atomic E-state index is 0.331. The fraction of sp³-hybridized carbons (Fsp3) is 0.462. The molecule has 0 fully saturated rings. The van der Waals surface area contributed by atoms with Crippen molar-refractivity contribution in [3.05, 3.63) is 29.1 Å². The number of rotatable bonds is 6. The van der Waals surface area contributed by atoms with E-state index in [0.29, 0.717) is 25.6 Å². The lowest BCUT2D eigenvalue weighted by atomic mass is 10.1. The molecule has 0 aliphatic heterocycles. The third-order valence-corrected chi connectivity index (χ3v) is 2.91. The third kappa shape index (κ3) is 3.63. The van der Waals surface area contributed by atoms with E-state index < -0.39 is 34.7 Å². The molecule has 1 rings (SSSR count). The summed E-state index contributed by atoms with van der Waals surface area (Å²) in [6, 6.07) is 0.448. The molecule has 1 aromatic carbocycles. The van der Waals surface area contributed by atoms with Gasteiger partial charge in [-0.15, -0.1) is 0 Å². The van der Waals surface area contributed by atoms with E-state index in [-0.39, 0.29) is 0 Å². The van der Waals surface area contributed by atoms with E-state index in [2.05, 4.69) is 0 Å². The number of phenols is 1. The van der Waals surface area contributed by atoms with E-state index in [1.807, 2.05) is 0 Å². The first-order valence-corrected chi connectivity index (χ1v) is 6.22. The molecular weight excluding hydrogens is 273 g/mol. The summed E-state index contributed by atoms with van der Waals surface area (Å²) in [5.74, 6) is -6.93. The van der Waals surface area contributed by atoms with Gasteiger partial charge in [-0.2, -0.15) is 4.39 Å². The van der Waals surface area contributed by atoms with Gasteiger partial charge in [-0.3, -0.25) is 4.79 Å². The van der Waals surface area contributed by atoms with Gasteiger partial charge in [0, 0.05) is 13.6 Å². The number of benzene rings is 1. The van der Waals surface area contributed by atoms with Crippen LogP contribution in [-0.4, -0.2) is 36.1 Å². The molecule has 0 saturated carbocycles. The quantitative estimate of drug-likeness (QED) is 0.622. The highest BCUT2D eigenvalue weighted by Gasteiger charge is 2.24. The van der Waals surface area contributed by atoms with Crippen LogP contribution in [0.1, 0.15) is 29.6 Å². The number of halogens is 3. The Kier molecular flexibility index (Phi) is 5.82. The number of nitrogens with two attached hydrogens (primary N) is 1. The van der Waals surface area contributed by atoms with Crippen LogP contribution in [0.25, 0.3) is 0 Å². The van der Waals surface area contributed by atoms with Crippen LogP contribution in [0.15, 0.2) is 6.07 Å². The second kappa shape index (κ2) is 7.14. The van der Waals surface area contributed by atoms with E-state index in [9.17, 15) is 18.0 Å². The zero-order chi connectivity index (χ0) is 15.3. The van der Waals surface area contributed by atoms with Gasteiger partial charge in [-0.05, 0) is 25.5 Å². The number of carbonyl (C=O) groups excluding carboxylic acids is 1. The summed E-state index contributed by atoms with van der Waals surface area (Å²) in [6.45, 7) is 0.876. The SMILES string of the molecule is CN(CCCCCN)C(=O)c1cc(F)c(F)c(O)c1F. The average Bonchev–Trinajstić information content (AvgIpc) is 2.44. The molecule has 3 N–H and O–H groups in total. The largest absolute Gasteiger partial charge is 0.503 e. The van der Waals surface area contributed by atoms with Crippen molar-refractivity contribution < 1.29 is 23.1 Å². The van der Waals surface area contributed by atoms with Crippen LogP contribution in [0, 0.1) is 17.5 Å². The van der Waals surface area contributed by atoms with E-state index in [1.54, 1.807) is 0 Å². The molecule has 0 bridgehead atoms. The number of carbonyl (C=O) groups is 1. The topological polar surface area (TPSA) is 66.6 Å². The van der Waals surface area contributed by atoms with E-state index in [4.69, 9.17) is 10.8 Å². The third-order valence-electron chi connectivity index (χ3n) is 2.91. The molecule has 7 heteroatoms.